The second-order valence-corrected chi connectivity index (χ2v) is 7.42. The summed E-state index contributed by atoms with van der Waals surface area (Å²) in [6.07, 6.45) is 4.35. The molecule has 0 saturated carbocycles. The first-order valence-electron chi connectivity index (χ1n) is 8.31. The number of carbonyl (C=O) groups is 1. The molecule has 0 bridgehead atoms. The Morgan fingerprint density at radius 3 is 2.68 bits per heavy atom. The minimum absolute atomic E-state index is 0.125. The summed E-state index contributed by atoms with van der Waals surface area (Å²) in [7, 11) is 1.81. The Hall–Kier alpha value is -2.47. The molecule has 0 unspecified atom stereocenters. The van der Waals surface area contributed by atoms with Crippen LogP contribution in [0.15, 0.2) is 48.1 Å². The Balaban J connectivity index is 1.85. The molecule has 3 heterocycles. The van der Waals surface area contributed by atoms with Crippen LogP contribution in [0.2, 0.25) is 0 Å². The Bertz CT molecular complexity index is 824. The van der Waals surface area contributed by atoms with Gasteiger partial charge in [0.1, 0.15) is 5.69 Å². The second-order valence-electron chi connectivity index (χ2n) is 6.44. The predicted octanol–water partition coefficient (Wildman–Crippen LogP) is 3.59. The fourth-order valence-electron chi connectivity index (χ4n) is 2.79. The maximum atomic E-state index is 12.9. The monoisotopic (exact) mass is 354 g/mol. The molecule has 5 nitrogen and oxygen atoms in total. The molecule has 3 aromatic heterocycles. The van der Waals surface area contributed by atoms with Gasteiger partial charge in [0.15, 0.2) is 0 Å². The number of aryl methyl sites for hydroxylation is 1. The Morgan fingerprint density at radius 2 is 2.04 bits per heavy atom. The topological polar surface area (TPSA) is 59.8 Å². The van der Waals surface area contributed by atoms with E-state index in [4.69, 9.17) is 0 Å². The zero-order valence-electron chi connectivity index (χ0n) is 14.6. The van der Waals surface area contributed by atoms with Gasteiger partial charge in [0, 0.05) is 24.3 Å². The lowest BCUT2D eigenvalue weighted by atomic mass is 10.1. The van der Waals surface area contributed by atoms with Crippen LogP contribution < -0.4 is 5.32 Å². The van der Waals surface area contributed by atoms with Crippen LogP contribution in [0.25, 0.3) is 0 Å². The molecule has 1 amide bonds. The maximum absolute atomic E-state index is 12.9. The largest absolute Gasteiger partial charge is 0.339 e. The quantitative estimate of drug-likeness (QED) is 0.736. The van der Waals surface area contributed by atoms with Gasteiger partial charge in [-0.15, -0.1) is 11.3 Å². The van der Waals surface area contributed by atoms with Crippen molar-refractivity contribution < 1.29 is 4.79 Å². The number of aromatic nitrogens is 3. The summed E-state index contributed by atoms with van der Waals surface area (Å²) in [4.78, 5) is 18.0. The molecule has 0 aliphatic carbocycles. The van der Waals surface area contributed by atoms with Crippen molar-refractivity contribution in [1.29, 1.82) is 0 Å². The first kappa shape index (κ1) is 17.4. The van der Waals surface area contributed by atoms with Gasteiger partial charge in [0.2, 0.25) is 0 Å². The van der Waals surface area contributed by atoms with Crippen molar-refractivity contribution in [2.45, 2.75) is 26.3 Å². The molecule has 3 rings (SSSR count). The zero-order valence-corrected chi connectivity index (χ0v) is 15.5. The van der Waals surface area contributed by atoms with Gasteiger partial charge in [0.25, 0.3) is 5.91 Å². The predicted molar refractivity (Wildman–Crippen MR) is 99.6 cm³/mol. The Labute approximate surface area is 151 Å². The fourth-order valence-corrected chi connectivity index (χ4v) is 3.59. The second kappa shape index (κ2) is 7.61. The molecule has 1 N–H and O–H groups in total. The van der Waals surface area contributed by atoms with Crippen LogP contribution >= 0.6 is 11.3 Å². The van der Waals surface area contributed by atoms with Crippen molar-refractivity contribution in [2.75, 3.05) is 0 Å². The van der Waals surface area contributed by atoms with Crippen molar-refractivity contribution in [3.05, 3.63) is 69.9 Å². The van der Waals surface area contributed by atoms with Gasteiger partial charge >= 0.3 is 0 Å². The van der Waals surface area contributed by atoms with Crippen LogP contribution in [0.4, 0.5) is 0 Å². The van der Waals surface area contributed by atoms with E-state index in [9.17, 15) is 4.79 Å². The molecule has 0 radical (unpaired) electrons. The number of thiophene rings is 1. The van der Waals surface area contributed by atoms with Crippen molar-refractivity contribution in [3.63, 3.8) is 0 Å². The highest BCUT2D eigenvalue weighted by Gasteiger charge is 2.21. The number of hydrogen-bond donors (Lipinski definition) is 1. The summed E-state index contributed by atoms with van der Waals surface area (Å²) >= 11 is 1.62. The number of carbonyl (C=O) groups excluding carboxylic acids is 1. The van der Waals surface area contributed by atoms with E-state index in [0.717, 1.165) is 22.6 Å². The average molecular weight is 354 g/mol. The molecule has 0 aromatic carbocycles. The third-order valence-electron chi connectivity index (χ3n) is 3.92. The summed E-state index contributed by atoms with van der Waals surface area (Å²) < 4.78 is 1.66. The van der Waals surface area contributed by atoms with E-state index in [-0.39, 0.29) is 11.9 Å². The van der Waals surface area contributed by atoms with Gasteiger partial charge in [-0.2, -0.15) is 5.10 Å². The van der Waals surface area contributed by atoms with Gasteiger partial charge in [-0.1, -0.05) is 19.9 Å². The van der Waals surface area contributed by atoms with E-state index in [1.54, 1.807) is 28.4 Å². The highest BCUT2D eigenvalue weighted by molar-refractivity contribution is 7.10. The standard InChI is InChI=1S/C19H22N4OS/c1-13(2)11-15-12-16(23(3)22-15)19(24)21-18(17-5-4-10-25-17)14-6-8-20-9-7-14/h4-10,12-13,18H,11H2,1-3H3,(H,21,24)/t18-/m0/s1. The van der Waals surface area contributed by atoms with Crippen LogP contribution in [0.1, 0.15) is 46.5 Å². The lowest BCUT2D eigenvalue weighted by molar-refractivity contribution is 0.0934. The molecule has 130 valence electrons. The third-order valence-corrected chi connectivity index (χ3v) is 4.86. The fraction of sp³-hybridized carbons (Fsp3) is 0.316. The van der Waals surface area contributed by atoms with Crippen LogP contribution in [0.5, 0.6) is 0 Å². The highest BCUT2D eigenvalue weighted by Crippen LogP contribution is 2.26. The van der Waals surface area contributed by atoms with E-state index in [1.165, 1.54) is 0 Å². The molecule has 0 aliphatic rings. The molecule has 0 saturated heterocycles. The smallest absolute Gasteiger partial charge is 0.270 e. The summed E-state index contributed by atoms with van der Waals surface area (Å²) in [5.41, 5.74) is 2.53. The van der Waals surface area contributed by atoms with Crippen molar-refractivity contribution in [1.82, 2.24) is 20.1 Å². The summed E-state index contributed by atoms with van der Waals surface area (Å²) in [6, 6.07) is 9.57. The first-order valence-corrected chi connectivity index (χ1v) is 9.19. The maximum Gasteiger partial charge on any atom is 0.270 e. The molecule has 0 fully saturated rings. The van der Waals surface area contributed by atoms with Gasteiger partial charge in [-0.05, 0) is 47.5 Å². The van der Waals surface area contributed by atoms with E-state index >= 15 is 0 Å². The SMILES string of the molecule is CC(C)Cc1cc(C(=O)N[C@@H](c2ccncc2)c2cccs2)n(C)n1. The van der Waals surface area contributed by atoms with Crippen LogP contribution in [-0.4, -0.2) is 20.7 Å². The molecule has 25 heavy (non-hydrogen) atoms. The molecule has 0 spiro atoms. The normalized spacial score (nSPS) is 12.3. The molecule has 6 heteroatoms. The molecule has 0 aliphatic heterocycles. The number of pyridine rings is 1. The van der Waals surface area contributed by atoms with Gasteiger partial charge < -0.3 is 5.32 Å². The Morgan fingerprint density at radius 1 is 1.28 bits per heavy atom. The van der Waals surface area contributed by atoms with E-state index in [0.29, 0.717) is 11.6 Å². The summed E-state index contributed by atoms with van der Waals surface area (Å²) in [5.74, 6) is 0.377. The van der Waals surface area contributed by atoms with E-state index in [1.807, 2.05) is 42.8 Å². The van der Waals surface area contributed by atoms with Crippen LogP contribution in [0, 0.1) is 5.92 Å². The van der Waals surface area contributed by atoms with E-state index in [2.05, 4.69) is 29.2 Å². The van der Waals surface area contributed by atoms with Crippen molar-refractivity contribution in [3.8, 4) is 0 Å². The third kappa shape index (κ3) is 4.14. The van der Waals surface area contributed by atoms with Gasteiger partial charge in [-0.3, -0.25) is 14.5 Å². The van der Waals surface area contributed by atoms with Crippen molar-refractivity contribution >= 4 is 17.2 Å². The Kier molecular flexibility index (Phi) is 5.28. The number of nitrogens with zero attached hydrogens (tertiary/aromatic N) is 3. The number of rotatable bonds is 6. The lowest BCUT2D eigenvalue weighted by Crippen LogP contribution is -2.30. The minimum Gasteiger partial charge on any atom is -0.339 e. The zero-order chi connectivity index (χ0) is 17.8. The summed E-state index contributed by atoms with van der Waals surface area (Å²) in [5, 5.41) is 9.62. The van der Waals surface area contributed by atoms with Crippen molar-refractivity contribution in [2.24, 2.45) is 13.0 Å². The minimum atomic E-state index is -0.195. The van der Waals surface area contributed by atoms with Crippen LogP contribution in [0.3, 0.4) is 0 Å². The molecular weight excluding hydrogens is 332 g/mol. The number of amides is 1. The van der Waals surface area contributed by atoms with E-state index < -0.39 is 0 Å². The van der Waals surface area contributed by atoms with Gasteiger partial charge in [0.05, 0.1) is 11.7 Å². The highest BCUT2D eigenvalue weighted by atomic mass is 32.1. The van der Waals surface area contributed by atoms with Crippen LogP contribution in [-0.2, 0) is 13.5 Å². The lowest BCUT2D eigenvalue weighted by Gasteiger charge is -2.17. The number of hydrogen-bond acceptors (Lipinski definition) is 4. The molecule has 3 aromatic rings. The number of nitrogens with one attached hydrogen (secondary N) is 1. The first-order chi connectivity index (χ1) is 12.0. The summed E-state index contributed by atoms with van der Waals surface area (Å²) in [6.45, 7) is 4.29. The van der Waals surface area contributed by atoms with Gasteiger partial charge in [-0.25, -0.2) is 0 Å². The molecule has 1 atom stereocenters. The molecular formula is C19H22N4OS. The average Bonchev–Trinajstić information content (AvgIpc) is 3.22.